The first-order valence-corrected chi connectivity index (χ1v) is 6.48. The highest BCUT2D eigenvalue weighted by Gasteiger charge is 2.08. The molecule has 0 heterocycles. The third kappa shape index (κ3) is 3.44. The van der Waals surface area contributed by atoms with Crippen molar-refractivity contribution in [2.75, 3.05) is 6.61 Å². The lowest BCUT2D eigenvalue weighted by Crippen LogP contribution is -2.05. The number of benzene rings is 2. The first-order valence-electron chi connectivity index (χ1n) is 6.48. The van der Waals surface area contributed by atoms with E-state index in [4.69, 9.17) is 4.74 Å². The molecule has 0 amide bonds. The van der Waals surface area contributed by atoms with E-state index in [0.29, 0.717) is 18.1 Å². The van der Waals surface area contributed by atoms with Gasteiger partial charge in [-0.2, -0.15) is 0 Å². The van der Waals surface area contributed by atoms with E-state index in [0.717, 1.165) is 23.2 Å². The lowest BCUT2D eigenvalue weighted by molar-refractivity contribution is 0.112. The van der Waals surface area contributed by atoms with Gasteiger partial charge in [0.05, 0.1) is 6.61 Å². The van der Waals surface area contributed by atoms with Crippen LogP contribution in [0.1, 0.15) is 24.2 Å². The van der Waals surface area contributed by atoms with Crippen LogP contribution in [0.2, 0.25) is 0 Å². The lowest BCUT2D eigenvalue weighted by atomic mass is 10.0. The van der Waals surface area contributed by atoms with Gasteiger partial charge in [0.1, 0.15) is 12.0 Å². The Hall–Kier alpha value is -2.09. The van der Waals surface area contributed by atoms with Crippen molar-refractivity contribution in [1.82, 2.24) is 0 Å². The van der Waals surface area contributed by atoms with Crippen molar-refractivity contribution in [3.8, 4) is 16.9 Å². The van der Waals surface area contributed by atoms with Crippen molar-refractivity contribution in [1.29, 1.82) is 0 Å². The predicted molar refractivity (Wildman–Crippen MR) is 77.6 cm³/mol. The van der Waals surface area contributed by atoms with Gasteiger partial charge in [0.25, 0.3) is 0 Å². The maximum absolute atomic E-state index is 10.9. The molecule has 98 valence electrons. The maximum Gasteiger partial charge on any atom is 0.150 e. The molecule has 2 rings (SSSR count). The Morgan fingerprint density at radius 1 is 1.11 bits per heavy atom. The Kier molecular flexibility index (Phi) is 4.35. The monoisotopic (exact) mass is 254 g/mol. The van der Waals surface area contributed by atoms with E-state index < -0.39 is 0 Å². The Bertz CT molecular complexity index is 544. The van der Waals surface area contributed by atoms with Gasteiger partial charge in [-0.25, -0.2) is 0 Å². The van der Waals surface area contributed by atoms with Gasteiger partial charge in [-0.3, -0.25) is 4.79 Å². The summed E-state index contributed by atoms with van der Waals surface area (Å²) < 4.78 is 5.84. The summed E-state index contributed by atoms with van der Waals surface area (Å²) >= 11 is 0. The summed E-state index contributed by atoms with van der Waals surface area (Å²) in [6, 6.07) is 15.5. The molecule has 0 spiro atoms. The molecule has 0 aliphatic rings. The minimum atomic E-state index is 0.467. The highest BCUT2D eigenvalue weighted by atomic mass is 16.5. The second-order valence-corrected chi connectivity index (χ2v) is 4.94. The standard InChI is InChI=1S/C17H18O2/c1-13(2)12-19-17-9-8-14(11-18)10-16(17)15-6-4-3-5-7-15/h3-11,13H,12H2,1-2H3. The molecule has 0 saturated heterocycles. The van der Waals surface area contributed by atoms with Crippen LogP contribution in [0, 0.1) is 5.92 Å². The van der Waals surface area contributed by atoms with E-state index in [1.807, 2.05) is 42.5 Å². The van der Waals surface area contributed by atoms with Crippen molar-refractivity contribution < 1.29 is 9.53 Å². The van der Waals surface area contributed by atoms with Crippen molar-refractivity contribution >= 4 is 6.29 Å². The molecule has 0 bridgehead atoms. The second kappa shape index (κ2) is 6.19. The van der Waals surface area contributed by atoms with Gasteiger partial charge >= 0.3 is 0 Å². The molecule has 19 heavy (non-hydrogen) atoms. The van der Waals surface area contributed by atoms with E-state index in [2.05, 4.69) is 13.8 Å². The Morgan fingerprint density at radius 2 is 1.84 bits per heavy atom. The van der Waals surface area contributed by atoms with Crippen LogP contribution in [-0.2, 0) is 0 Å². The summed E-state index contributed by atoms with van der Waals surface area (Å²) in [5.74, 6) is 1.29. The molecule has 2 heteroatoms. The number of carbonyl (C=O) groups excluding carboxylic acids is 1. The molecule has 2 aromatic carbocycles. The summed E-state index contributed by atoms with van der Waals surface area (Å²) in [5, 5.41) is 0. The third-order valence-electron chi connectivity index (χ3n) is 2.80. The van der Waals surface area contributed by atoms with Crippen molar-refractivity contribution in [2.45, 2.75) is 13.8 Å². The zero-order valence-electron chi connectivity index (χ0n) is 11.3. The number of rotatable bonds is 5. The van der Waals surface area contributed by atoms with Crippen LogP contribution in [0.25, 0.3) is 11.1 Å². The normalized spacial score (nSPS) is 10.5. The van der Waals surface area contributed by atoms with Crippen LogP contribution in [0.5, 0.6) is 5.75 Å². The van der Waals surface area contributed by atoms with Gasteiger partial charge in [0.2, 0.25) is 0 Å². The average molecular weight is 254 g/mol. The minimum Gasteiger partial charge on any atom is -0.493 e. The topological polar surface area (TPSA) is 26.3 Å². The molecule has 0 radical (unpaired) electrons. The average Bonchev–Trinajstić information content (AvgIpc) is 2.46. The van der Waals surface area contributed by atoms with Crippen molar-refractivity contribution in [3.63, 3.8) is 0 Å². The number of aldehydes is 1. The fourth-order valence-electron chi connectivity index (χ4n) is 1.85. The van der Waals surface area contributed by atoms with Crippen molar-refractivity contribution in [3.05, 3.63) is 54.1 Å². The number of hydrogen-bond donors (Lipinski definition) is 0. The number of carbonyl (C=O) groups is 1. The largest absolute Gasteiger partial charge is 0.493 e. The van der Waals surface area contributed by atoms with Gasteiger partial charge in [-0.1, -0.05) is 44.2 Å². The highest BCUT2D eigenvalue weighted by molar-refractivity contribution is 5.81. The van der Waals surface area contributed by atoms with Crippen molar-refractivity contribution in [2.24, 2.45) is 5.92 Å². The molecule has 0 aromatic heterocycles. The molecule has 2 aromatic rings. The third-order valence-corrected chi connectivity index (χ3v) is 2.80. The Balaban J connectivity index is 2.40. The minimum absolute atomic E-state index is 0.467. The summed E-state index contributed by atoms with van der Waals surface area (Å²) in [6.07, 6.45) is 0.860. The predicted octanol–water partition coefficient (Wildman–Crippen LogP) is 4.20. The van der Waals surface area contributed by atoms with E-state index in [-0.39, 0.29) is 0 Å². The fourth-order valence-corrected chi connectivity index (χ4v) is 1.85. The molecule has 0 aliphatic carbocycles. The van der Waals surface area contributed by atoms with Crippen LogP contribution >= 0.6 is 0 Å². The van der Waals surface area contributed by atoms with E-state index >= 15 is 0 Å². The number of hydrogen-bond acceptors (Lipinski definition) is 2. The van der Waals surface area contributed by atoms with Gasteiger partial charge in [-0.05, 0) is 29.7 Å². The second-order valence-electron chi connectivity index (χ2n) is 4.94. The van der Waals surface area contributed by atoms with E-state index in [1.54, 1.807) is 6.07 Å². The van der Waals surface area contributed by atoms with Crippen LogP contribution < -0.4 is 4.74 Å². The van der Waals surface area contributed by atoms with Crippen LogP contribution in [0.15, 0.2) is 48.5 Å². The molecule has 0 saturated carbocycles. The Morgan fingerprint density at radius 3 is 2.47 bits per heavy atom. The van der Waals surface area contributed by atoms with E-state index in [1.165, 1.54) is 0 Å². The zero-order chi connectivity index (χ0) is 13.7. The maximum atomic E-state index is 10.9. The number of ether oxygens (including phenoxy) is 1. The molecule has 2 nitrogen and oxygen atoms in total. The molecule has 0 fully saturated rings. The lowest BCUT2D eigenvalue weighted by Gasteiger charge is -2.14. The van der Waals surface area contributed by atoms with Crippen LogP contribution in [0.4, 0.5) is 0 Å². The van der Waals surface area contributed by atoms with Gasteiger partial charge < -0.3 is 4.74 Å². The SMILES string of the molecule is CC(C)COc1ccc(C=O)cc1-c1ccccc1. The van der Waals surface area contributed by atoms with Gasteiger partial charge in [0, 0.05) is 11.1 Å². The quantitative estimate of drug-likeness (QED) is 0.747. The first-order chi connectivity index (χ1) is 9.20. The molecule has 0 unspecified atom stereocenters. The fraction of sp³-hybridized carbons (Fsp3) is 0.235. The van der Waals surface area contributed by atoms with Gasteiger partial charge in [0.15, 0.2) is 0 Å². The van der Waals surface area contributed by atoms with Gasteiger partial charge in [-0.15, -0.1) is 0 Å². The summed E-state index contributed by atoms with van der Waals surface area (Å²) in [5.41, 5.74) is 2.69. The Labute approximate surface area is 114 Å². The smallest absolute Gasteiger partial charge is 0.150 e. The van der Waals surface area contributed by atoms with E-state index in [9.17, 15) is 4.79 Å². The molecule has 0 N–H and O–H groups in total. The molecular weight excluding hydrogens is 236 g/mol. The highest BCUT2D eigenvalue weighted by Crippen LogP contribution is 2.31. The van der Waals surface area contributed by atoms with Crippen LogP contribution in [-0.4, -0.2) is 12.9 Å². The molecule has 0 atom stereocenters. The summed E-state index contributed by atoms with van der Waals surface area (Å²) in [6.45, 7) is 4.89. The first kappa shape index (κ1) is 13.3. The molecular formula is C17H18O2. The summed E-state index contributed by atoms with van der Waals surface area (Å²) in [7, 11) is 0. The summed E-state index contributed by atoms with van der Waals surface area (Å²) in [4.78, 5) is 10.9. The van der Waals surface area contributed by atoms with Crippen LogP contribution in [0.3, 0.4) is 0 Å². The molecule has 0 aliphatic heterocycles. The zero-order valence-corrected chi connectivity index (χ0v) is 11.3.